The van der Waals surface area contributed by atoms with Crippen LogP contribution in [-0.2, 0) is 4.79 Å². The Morgan fingerprint density at radius 1 is 1.62 bits per heavy atom. The minimum atomic E-state index is -1.25. The number of nitriles is 1. The van der Waals surface area contributed by atoms with Crippen LogP contribution < -0.4 is 4.74 Å². The van der Waals surface area contributed by atoms with Crippen LogP contribution >= 0.6 is 15.9 Å². The lowest BCUT2D eigenvalue weighted by atomic mass is 10.1. The zero-order valence-electron chi connectivity index (χ0n) is 8.40. The molecule has 1 aromatic rings. The lowest BCUT2D eigenvalue weighted by Gasteiger charge is -2.03. The third-order valence-electron chi connectivity index (χ3n) is 1.85. The molecular formula is C11H8BrNO3. The van der Waals surface area contributed by atoms with Crippen LogP contribution in [0.4, 0.5) is 0 Å². The van der Waals surface area contributed by atoms with Gasteiger partial charge in [-0.25, -0.2) is 4.79 Å². The molecule has 5 heteroatoms. The molecule has 0 unspecified atom stereocenters. The van der Waals surface area contributed by atoms with Crippen molar-refractivity contribution in [3.63, 3.8) is 0 Å². The first-order chi connectivity index (χ1) is 7.58. The van der Waals surface area contributed by atoms with Crippen LogP contribution in [0.15, 0.2) is 28.2 Å². The highest BCUT2D eigenvalue weighted by molar-refractivity contribution is 9.10. The number of aliphatic carboxylic acids is 1. The van der Waals surface area contributed by atoms with Gasteiger partial charge in [0.15, 0.2) is 0 Å². The number of carbonyl (C=O) groups is 1. The van der Waals surface area contributed by atoms with E-state index in [4.69, 9.17) is 15.1 Å². The third-order valence-corrected chi connectivity index (χ3v) is 2.58. The van der Waals surface area contributed by atoms with Gasteiger partial charge in [-0.3, -0.25) is 0 Å². The number of hydrogen-bond donors (Lipinski definition) is 1. The molecule has 82 valence electrons. The minimum Gasteiger partial charge on any atom is -0.497 e. The SMILES string of the molecule is COc1ccc(Br)c(/C=C(/C#N)C(=O)O)c1. The fourth-order valence-electron chi connectivity index (χ4n) is 1.06. The minimum absolute atomic E-state index is 0.325. The molecule has 0 spiro atoms. The van der Waals surface area contributed by atoms with Gasteiger partial charge in [-0.15, -0.1) is 0 Å². The van der Waals surface area contributed by atoms with Gasteiger partial charge in [-0.2, -0.15) is 5.26 Å². The highest BCUT2D eigenvalue weighted by Gasteiger charge is 2.07. The van der Waals surface area contributed by atoms with Gasteiger partial charge in [0.05, 0.1) is 7.11 Å². The fraction of sp³-hybridized carbons (Fsp3) is 0.0909. The molecule has 0 heterocycles. The van der Waals surface area contributed by atoms with E-state index >= 15 is 0 Å². The maximum atomic E-state index is 10.7. The van der Waals surface area contributed by atoms with Crippen molar-refractivity contribution in [1.82, 2.24) is 0 Å². The molecule has 1 N–H and O–H groups in total. The highest BCUT2D eigenvalue weighted by atomic mass is 79.9. The third kappa shape index (κ3) is 2.84. The van der Waals surface area contributed by atoms with Crippen molar-refractivity contribution < 1.29 is 14.6 Å². The molecule has 0 fully saturated rings. The summed E-state index contributed by atoms with van der Waals surface area (Å²) in [5, 5.41) is 17.3. The van der Waals surface area contributed by atoms with Gasteiger partial charge in [0, 0.05) is 4.47 Å². The second-order valence-corrected chi connectivity index (χ2v) is 3.72. The maximum Gasteiger partial charge on any atom is 0.346 e. The van der Waals surface area contributed by atoms with E-state index < -0.39 is 5.97 Å². The quantitative estimate of drug-likeness (QED) is 0.682. The van der Waals surface area contributed by atoms with Gasteiger partial charge in [0.2, 0.25) is 0 Å². The number of hydrogen-bond acceptors (Lipinski definition) is 3. The molecular weight excluding hydrogens is 274 g/mol. The Balaban J connectivity index is 3.23. The fourth-order valence-corrected chi connectivity index (χ4v) is 1.42. The summed E-state index contributed by atoms with van der Waals surface area (Å²) in [6.45, 7) is 0. The normalized spacial score (nSPS) is 10.7. The molecule has 0 aromatic heterocycles. The Morgan fingerprint density at radius 2 is 2.31 bits per heavy atom. The first kappa shape index (κ1) is 12.3. The first-order valence-electron chi connectivity index (χ1n) is 4.27. The monoisotopic (exact) mass is 281 g/mol. The van der Waals surface area contributed by atoms with E-state index in [9.17, 15) is 4.79 Å². The number of nitrogens with zero attached hydrogens (tertiary/aromatic N) is 1. The van der Waals surface area contributed by atoms with Gasteiger partial charge >= 0.3 is 5.97 Å². The molecule has 16 heavy (non-hydrogen) atoms. The van der Waals surface area contributed by atoms with E-state index in [0.29, 0.717) is 15.8 Å². The summed E-state index contributed by atoms with van der Waals surface area (Å²) in [5.74, 6) is -0.658. The zero-order chi connectivity index (χ0) is 12.1. The molecule has 0 atom stereocenters. The van der Waals surface area contributed by atoms with Crippen molar-refractivity contribution in [2.24, 2.45) is 0 Å². The van der Waals surface area contributed by atoms with Crippen LogP contribution in [0.3, 0.4) is 0 Å². The zero-order valence-corrected chi connectivity index (χ0v) is 9.98. The molecule has 0 radical (unpaired) electrons. The Labute approximate surface area is 101 Å². The smallest absolute Gasteiger partial charge is 0.346 e. The van der Waals surface area contributed by atoms with Crippen molar-refractivity contribution in [3.8, 4) is 11.8 Å². The largest absolute Gasteiger partial charge is 0.497 e. The van der Waals surface area contributed by atoms with Crippen LogP contribution in [0.25, 0.3) is 6.08 Å². The van der Waals surface area contributed by atoms with Crippen molar-refractivity contribution >= 4 is 28.0 Å². The van der Waals surface area contributed by atoms with E-state index in [0.717, 1.165) is 0 Å². The van der Waals surface area contributed by atoms with Crippen molar-refractivity contribution in [3.05, 3.63) is 33.8 Å². The summed E-state index contributed by atoms with van der Waals surface area (Å²) in [6, 6.07) is 6.71. The number of ether oxygens (including phenoxy) is 1. The van der Waals surface area contributed by atoms with Crippen LogP contribution in [-0.4, -0.2) is 18.2 Å². The molecule has 0 saturated heterocycles. The standard InChI is InChI=1S/C11H8BrNO3/c1-16-9-2-3-10(12)7(5-9)4-8(6-13)11(14)15/h2-5H,1H3,(H,14,15)/b8-4-. The number of rotatable bonds is 3. The van der Waals surface area contributed by atoms with E-state index in [-0.39, 0.29) is 5.57 Å². The second kappa shape index (κ2) is 5.33. The molecule has 0 bridgehead atoms. The average molecular weight is 282 g/mol. The summed E-state index contributed by atoms with van der Waals surface area (Å²) >= 11 is 3.26. The molecule has 0 aliphatic rings. The van der Waals surface area contributed by atoms with Gasteiger partial charge in [-0.05, 0) is 29.8 Å². The average Bonchev–Trinajstić information content (AvgIpc) is 2.27. The molecule has 4 nitrogen and oxygen atoms in total. The number of carboxylic acid groups (broad SMARTS) is 1. The first-order valence-corrected chi connectivity index (χ1v) is 5.06. The van der Waals surface area contributed by atoms with Gasteiger partial charge in [-0.1, -0.05) is 15.9 Å². The lowest BCUT2D eigenvalue weighted by Crippen LogP contribution is -1.97. The lowest BCUT2D eigenvalue weighted by molar-refractivity contribution is -0.132. The topological polar surface area (TPSA) is 70.3 Å². The van der Waals surface area contributed by atoms with E-state index in [1.165, 1.54) is 13.2 Å². The van der Waals surface area contributed by atoms with Crippen molar-refractivity contribution in [1.29, 1.82) is 5.26 Å². The summed E-state index contributed by atoms with van der Waals surface area (Å²) < 4.78 is 5.70. The Bertz CT molecular complexity index is 488. The van der Waals surface area contributed by atoms with Gasteiger partial charge in [0.1, 0.15) is 17.4 Å². The molecule has 1 aromatic carbocycles. The van der Waals surface area contributed by atoms with E-state index in [2.05, 4.69) is 15.9 Å². The van der Waals surface area contributed by atoms with Crippen LogP contribution in [0.1, 0.15) is 5.56 Å². The Hall–Kier alpha value is -1.80. The summed E-state index contributed by atoms with van der Waals surface area (Å²) in [7, 11) is 1.51. The molecule has 1 rings (SSSR count). The van der Waals surface area contributed by atoms with E-state index in [1.807, 2.05) is 0 Å². The van der Waals surface area contributed by atoms with Crippen LogP contribution in [0.2, 0.25) is 0 Å². The number of methoxy groups -OCH3 is 1. The van der Waals surface area contributed by atoms with E-state index in [1.54, 1.807) is 24.3 Å². The van der Waals surface area contributed by atoms with Gasteiger partial charge < -0.3 is 9.84 Å². The number of benzene rings is 1. The Morgan fingerprint density at radius 3 is 2.81 bits per heavy atom. The predicted molar refractivity (Wildman–Crippen MR) is 61.9 cm³/mol. The summed E-state index contributed by atoms with van der Waals surface area (Å²) in [5.41, 5.74) is 0.257. The predicted octanol–water partition coefficient (Wildman–Crippen LogP) is 2.45. The molecule has 0 saturated carbocycles. The van der Waals surface area contributed by atoms with Crippen molar-refractivity contribution in [2.45, 2.75) is 0 Å². The number of halogens is 1. The molecule has 0 amide bonds. The molecule has 0 aliphatic carbocycles. The molecule has 0 aliphatic heterocycles. The highest BCUT2D eigenvalue weighted by Crippen LogP contribution is 2.24. The maximum absolute atomic E-state index is 10.7. The van der Waals surface area contributed by atoms with Gasteiger partial charge in [0.25, 0.3) is 0 Å². The second-order valence-electron chi connectivity index (χ2n) is 2.86. The van der Waals surface area contributed by atoms with Crippen molar-refractivity contribution in [2.75, 3.05) is 7.11 Å². The Kier molecular flexibility index (Phi) is 4.09. The van der Waals surface area contributed by atoms with Crippen LogP contribution in [0, 0.1) is 11.3 Å². The summed E-state index contributed by atoms with van der Waals surface area (Å²) in [6.07, 6.45) is 1.29. The van der Waals surface area contributed by atoms with Crippen LogP contribution in [0.5, 0.6) is 5.75 Å². The number of carboxylic acids is 1. The summed E-state index contributed by atoms with van der Waals surface area (Å²) in [4.78, 5) is 10.7.